The molecule has 1 aliphatic heterocycles. The first kappa shape index (κ1) is 6.56. The standard InChI is InChI=1S/C6H10S2/c1-2-6-5-7-3-4-8-6/h2,6H,1,3-5H2. The zero-order valence-electron chi connectivity index (χ0n) is 4.80. The summed E-state index contributed by atoms with van der Waals surface area (Å²) in [6.45, 7) is 3.75. The summed E-state index contributed by atoms with van der Waals surface area (Å²) in [6, 6.07) is 0. The molecule has 0 aliphatic carbocycles. The molecule has 0 spiro atoms. The SMILES string of the molecule is C=CC1CSCCS1. The highest BCUT2D eigenvalue weighted by Crippen LogP contribution is 2.23. The average molecular weight is 146 g/mol. The van der Waals surface area contributed by atoms with E-state index >= 15 is 0 Å². The smallest absolute Gasteiger partial charge is 0.0315 e. The van der Waals surface area contributed by atoms with Crippen LogP contribution in [0.25, 0.3) is 0 Å². The first-order chi connectivity index (χ1) is 3.93. The molecule has 1 rings (SSSR count). The third-order valence-electron chi connectivity index (χ3n) is 1.10. The van der Waals surface area contributed by atoms with Gasteiger partial charge in [-0.15, -0.1) is 6.58 Å². The minimum Gasteiger partial charge on any atom is -0.160 e. The molecule has 0 nitrogen and oxygen atoms in total. The molecule has 0 amide bonds. The first-order valence-corrected chi connectivity index (χ1v) is 4.96. The molecule has 0 aromatic heterocycles. The van der Waals surface area contributed by atoms with E-state index < -0.39 is 0 Å². The summed E-state index contributed by atoms with van der Waals surface area (Å²) in [4.78, 5) is 0. The Morgan fingerprint density at radius 1 is 1.50 bits per heavy atom. The van der Waals surface area contributed by atoms with E-state index in [9.17, 15) is 0 Å². The lowest BCUT2D eigenvalue weighted by molar-refractivity contribution is 1.24. The van der Waals surface area contributed by atoms with Crippen LogP contribution in [-0.4, -0.2) is 22.5 Å². The second-order valence-corrected chi connectivity index (χ2v) is 4.22. The molecular formula is C6H10S2. The van der Waals surface area contributed by atoms with Crippen molar-refractivity contribution in [3.05, 3.63) is 12.7 Å². The van der Waals surface area contributed by atoms with Gasteiger partial charge in [-0.05, 0) is 0 Å². The van der Waals surface area contributed by atoms with Gasteiger partial charge in [-0.3, -0.25) is 0 Å². The predicted molar refractivity (Wildman–Crippen MR) is 43.8 cm³/mol. The highest BCUT2D eigenvalue weighted by Gasteiger charge is 2.08. The molecule has 1 unspecified atom stereocenters. The topological polar surface area (TPSA) is 0 Å². The number of hydrogen-bond donors (Lipinski definition) is 0. The third kappa shape index (κ3) is 1.75. The molecule has 0 bridgehead atoms. The van der Waals surface area contributed by atoms with Gasteiger partial charge in [0.25, 0.3) is 0 Å². The Hall–Kier alpha value is 0.440. The van der Waals surface area contributed by atoms with Crippen LogP contribution in [0, 0.1) is 0 Å². The maximum atomic E-state index is 3.75. The summed E-state index contributed by atoms with van der Waals surface area (Å²) < 4.78 is 0. The average Bonchev–Trinajstić information content (AvgIpc) is 1.90. The van der Waals surface area contributed by atoms with Crippen molar-refractivity contribution >= 4 is 23.5 Å². The van der Waals surface area contributed by atoms with Crippen LogP contribution in [0.1, 0.15) is 0 Å². The van der Waals surface area contributed by atoms with Crippen LogP contribution in [0.5, 0.6) is 0 Å². The van der Waals surface area contributed by atoms with Gasteiger partial charge in [-0.25, -0.2) is 0 Å². The molecule has 0 radical (unpaired) electrons. The molecule has 0 aromatic carbocycles. The van der Waals surface area contributed by atoms with Crippen molar-refractivity contribution in [1.82, 2.24) is 0 Å². The number of rotatable bonds is 1. The molecule has 1 heterocycles. The molecule has 0 saturated carbocycles. The lowest BCUT2D eigenvalue weighted by atomic mass is 10.5. The fraction of sp³-hybridized carbons (Fsp3) is 0.667. The molecule has 0 N–H and O–H groups in total. The Balaban J connectivity index is 2.22. The monoisotopic (exact) mass is 146 g/mol. The van der Waals surface area contributed by atoms with E-state index in [1.54, 1.807) is 0 Å². The Bertz CT molecular complexity index is 74.6. The van der Waals surface area contributed by atoms with E-state index in [0.717, 1.165) is 5.25 Å². The summed E-state index contributed by atoms with van der Waals surface area (Å²) in [5.41, 5.74) is 0. The summed E-state index contributed by atoms with van der Waals surface area (Å²) in [5.74, 6) is 3.91. The van der Waals surface area contributed by atoms with Crippen LogP contribution < -0.4 is 0 Å². The van der Waals surface area contributed by atoms with E-state index in [-0.39, 0.29) is 0 Å². The third-order valence-corrected chi connectivity index (χ3v) is 3.89. The van der Waals surface area contributed by atoms with E-state index in [1.807, 2.05) is 23.5 Å². The van der Waals surface area contributed by atoms with Crippen molar-refractivity contribution in [3.63, 3.8) is 0 Å². The van der Waals surface area contributed by atoms with Gasteiger partial charge in [0.1, 0.15) is 0 Å². The summed E-state index contributed by atoms with van der Waals surface area (Å²) >= 11 is 4.06. The van der Waals surface area contributed by atoms with Gasteiger partial charge in [-0.1, -0.05) is 6.08 Å². The van der Waals surface area contributed by atoms with Gasteiger partial charge in [0.15, 0.2) is 0 Å². The van der Waals surface area contributed by atoms with E-state index in [2.05, 4.69) is 12.7 Å². The quantitative estimate of drug-likeness (QED) is 0.519. The Morgan fingerprint density at radius 3 is 2.75 bits per heavy atom. The molecule has 2 heteroatoms. The lowest BCUT2D eigenvalue weighted by Gasteiger charge is -2.16. The second kappa shape index (κ2) is 3.46. The Labute approximate surface area is 59.1 Å². The van der Waals surface area contributed by atoms with Gasteiger partial charge in [0.2, 0.25) is 0 Å². The molecule has 8 heavy (non-hydrogen) atoms. The molecule has 46 valence electrons. The Morgan fingerprint density at radius 2 is 2.38 bits per heavy atom. The fourth-order valence-electron chi connectivity index (χ4n) is 0.642. The number of thioether (sulfide) groups is 2. The van der Waals surface area contributed by atoms with Gasteiger partial charge >= 0.3 is 0 Å². The second-order valence-electron chi connectivity index (χ2n) is 1.72. The van der Waals surface area contributed by atoms with Gasteiger partial charge in [0.05, 0.1) is 0 Å². The molecule has 1 saturated heterocycles. The lowest BCUT2D eigenvalue weighted by Crippen LogP contribution is -2.09. The van der Waals surface area contributed by atoms with Crippen molar-refractivity contribution in [2.24, 2.45) is 0 Å². The predicted octanol–water partition coefficient (Wildman–Crippen LogP) is 2.02. The van der Waals surface area contributed by atoms with Crippen molar-refractivity contribution in [2.45, 2.75) is 5.25 Å². The highest BCUT2D eigenvalue weighted by atomic mass is 32.2. The van der Waals surface area contributed by atoms with Crippen LogP contribution in [0.2, 0.25) is 0 Å². The first-order valence-electron chi connectivity index (χ1n) is 2.75. The van der Waals surface area contributed by atoms with Crippen molar-refractivity contribution in [1.29, 1.82) is 0 Å². The fourth-order valence-corrected chi connectivity index (χ4v) is 3.15. The summed E-state index contributed by atoms with van der Waals surface area (Å²) in [7, 11) is 0. The van der Waals surface area contributed by atoms with Gasteiger partial charge in [-0.2, -0.15) is 23.5 Å². The highest BCUT2D eigenvalue weighted by molar-refractivity contribution is 8.06. The van der Waals surface area contributed by atoms with Crippen LogP contribution in [-0.2, 0) is 0 Å². The summed E-state index contributed by atoms with van der Waals surface area (Å²) in [5, 5.41) is 0.730. The molecular weight excluding hydrogens is 136 g/mol. The number of hydrogen-bond acceptors (Lipinski definition) is 2. The van der Waals surface area contributed by atoms with Crippen molar-refractivity contribution < 1.29 is 0 Å². The van der Waals surface area contributed by atoms with Crippen molar-refractivity contribution in [2.75, 3.05) is 17.3 Å². The van der Waals surface area contributed by atoms with Gasteiger partial charge in [0, 0.05) is 22.5 Å². The summed E-state index contributed by atoms with van der Waals surface area (Å²) in [6.07, 6.45) is 2.05. The molecule has 0 aromatic rings. The zero-order chi connectivity index (χ0) is 5.82. The molecule has 1 fully saturated rings. The molecule has 1 atom stereocenters. The van der Waals surface area contributed by atoms with Crippen LogP contribution in [0.3, 0.4) is 0 Å². The normalized spacial score (nSPS) is 29.8. The Kier molecular flexibility index (Phi) is 2.84. The van der Waals surface area contributed by atoms with Crippen LogP contribution in [0.15, 0.2) is 12.7 Å². The van der Waals surface area contributed by atoms with Gasteiger partial charge < -0.3 is 0 Å². The van der Waals surface area contributed by atoms with Crippen molar-refractivity contribution in [3.8, 4) is 0 Å². The molecule has 1 aliphatic rings. The van der Waals surface area contributed by atoms with Crippen LogP contribution in [0.4, 0.5) is 0 Å². The maximum absolute atomic E-state index is 3.75. The van der Waals surface area contributed by atoms with E-state index in [4.69, 9.17) is 0 Å². The van der Waals surface area contributed by atoms with Crippen LogP contribution >= 0.6 is 23.5 Å². The largest absolute Gasteiger partial charge is 0.160 e. The maximum Gasteiger partial charge on any atom is 0.0315 e. The van der Waals surface area contributed by atoms with E-state index in [1.165, 1.54) is 17.3 Å². The van der Waals surface area contributed by atoms with E-state index in [0.29, 0.717) is 0 Å². The minimum atomic E-state index is 0.730. The minimum absolute atomic E-state index is 0.730. The zero-order valence-corrected chi connectivity index (χ0v) is 6.43.